The maximum atomic E-state index is 13.8. The van der Waals surface area contributed by atoms with Crippen LogP contribution in [0.4, 0.5) is 4.39 Å². The lowest BCUT2D eigenvalue weighted by molar-refractivity contribution is -0.121. The van der Waals surface area contributed by atoms with E-state index in [-0.39, 0.29) is 17.3 Å². The van der Waals surface area contributed by atoms with Gasteiger partial charge in [-0.2, -0.15) is 0 Å². The monoisotopic (exact) mass is 413 g/mol. The molecule has 30 heavy (non-hydrogen) atoms. The van der Waals surface area contributed by atoms with Gasteiger partial charge >= 0.3 is 0 Å². The number of amides is 1. The van der Waals surface area contributed by atoms with Crippen molar-refractivity contribution in [3.8, 4) is 0 Å². The predicted octanol–water partition coefficient (Wildman–Crippen LogP) is 1.54. The zero-order chi connectivity index (χ0) is 21.1. The SMILES string of the molecule is CN1CCN(CCNC(=O)CCCn2c(=O)c3cccn3c3ccc(F)cc32)CC1. The first kappa shape index (κ1) is 20.6. The lowest BCUT2D eigenvalue weighted by Gasteiger charge is -2.32. The molecule has 8 heteroatoms. The fourth-order valence-electron chi connectivity index (χ4n) is 4.06. The van der Waals surface area contributed by atoms with Crippen LogP contribution in [0.25, 0.3) is 16.6 Å². The van der Waals surface area contributed by atoms with E-state index in [0.717, 1.165) is 38.2 Å². The van der Waals surface area contributed by atoms with Gasteiger partial charge in [-0.25, -0.2) is 4.39 Å². The summed E-state index contributed by atoms with van der Waals surface area (Å²) >= 11 is 0. The third-order valence-corrected chi connectivity index (χ3v) is 5.83. The average Bonchev–Trinajstić information content (AvgIpc) is 3.22. The molecule has 2 aromatic heterocycles. The van der Waals surface area contributed by atoms with Crippen LogP contribution in [0.1, 0.15) is 12.8 Å². The first-order valence-corrected chi connectivity index (χ1v) is 10.5. The molecule has 0 bridgehead atoms. The molecule has 0 radical (unpaired) electrons. The Morgan fingerprint density at radius 1 is 1.07 bits per heavy atom. The number of hydrogen-bond donors (Lipinski definition) is 1. The molecule has 1 N–H and O–H groups in total. The maximum Gasteiger partial charge on any atom is 0.275 e. The first-order chi connectivity index (χ1) is 14.5. The van der Waals surface area contributed by atoms with Crippen LogP contribution < -0.4 is 10.9 Å². The molecule has 0 atom stereocenters. The molecule has 7 nitrogen and oxygen atoms in total. The molecule has 1 aliphatic heterocycles. The van der Waals surface area contributed by atoms with Crippen LogP contribution in [-0.4, -0.2) is 71.0 Å². The fraction of sp³-hybridized carbons (Fsp3) is 0.455. The van der Waals surface area contributed by atoms with Gasteiger partial charge in [0, 0.05) is 58.4 Å². The Morgan fingerprint density at radius 3 is 2.67 bits per heavy atom. The van der Waals surface area contributed by atoms with Crippen LogP contribution in [0, 0.1) is 5.82 Å². The van der Waals surface area contributed by atoms with Gasteiger partial charge in [-0.05, 0) is 43.8 Å². The molecular weight excluding hydrogens is 385 g/mol. The number of aryl methyl sites for hydroxylation is 1. The molecule has 1 aliphatic rings. The van der Waals surface area contributed by atoms with Gasteiger partial charge in [-0.3, -0.25) is 14.5 Å². The number of halogens is 1. The number of aromatic nitrogens is 2. The molecule has 1 saturated heterocycles. The quantitative estimate of drug-likeness (QED) is 0.638. The van der Waals surface area contributed by atoms with Crippen molar-refractivity contribution < 1.29 is 9.18 Å². The van der Waals surface area contributed by atoms with Gasteiger partial charge in [0.1, 0.15) is 11.3 Å². The van der Waals surface area contributed by atoms with Gasteiger partial charge in [0.05, 0.1) is 11.0 Å². The Balaban J connectivity index is 1.35. The number of rotatable bonds is 7. The third-order valence-electron chi connectivity index (χ3n) is 5.83. The summed E-state index contributed by atoms with van der Waals surface area (Å²) in [5, 5.41) is 2.97. The summed E-state index contributed by atoms with van der Waals surface area (Å²) in [4.78, 5) is 29.7. The molecule has 1 amide bonds. The van der Waals surface area contributed by atoms with Crippen molar-refractivity contribution in [1.82, 2.24) is 24.1 Å². The number of nitrogens with one attached hydrogen (secondary N) is 1. The molecule has 1 aromatic carbocycles. The van der Waals surface area contributed by atoms with Crippen molar-refractivity contribution in [3.63, 3.8) is 0 Å². The Hall–Kier alpha value is -2.71. The number of carbonyl (C=O) groups excluding carboxylic acids is 1. The maximum absolute atomic E-state index is 13.8. The third kappa shape index (κ3) is 4.39. The standard InChI is InChI=1S/C22H28FN5O2/c1-25-12-14-26(15-13-25)11-8-24-21(29)5-3-10-28-20-16-17(23)6-7-18(20)27-9-2-4-19(27)22(28)30/h2,4,6-7,9,16H,3,5,8,10-15H2,1H3,(H,24,29). The molecular formula is C22H28FN5O2. The Kier molecular flexibility index (Phi) is 6.15. The summed E-state index contributed by atoms with van der Waals surface area (Å²) in [5.74, 6) is -0.403. The van der Waals surface area contributed by atoms with Crippen molar-refractivity contribution in [2.75, 3.05) is 46.3 Å². The summed E-state index contributed by atoms with van der Waals surface area (Å²) in [6, 6.07) is 8.01. The number of carbonyl (C=O) groups is 1. The summed E-state index contributed by atoms with van der Waals surface area (Å²) in [7, 11) is 2.12. The Bertz CT molecular complexity index is 1100. The highest BCUT2D eigenvalue weighted by Crippen LogP contribution is 2.17. The smallest absolute Gasteiger partial charge is 0.275 e. The van der Waals surface area contributed by atoms with Crippen molar-refractivity contribution in [2.45, 2.75) is 19.4 Å². The average molecular weight is 413 g/mol. The number of nitrogens with zero attached hydrogens (tertiary/aromatic N) is 4. The highest BCUT2D eigenvalue weighted by Gasteiger charge is 2.14. The Morgan fingerprint density at radius 2 is 1.87 bits per heavy atom. The molecule has 4 rings (SSSR count). The van der Waals surface area contributed by atoms with E-state index >= 15 is 0 Å². The normalized spacial score (nSPS) is 15.8. The number of piperazine rings is 1. The van der Waals surface area contributed by atoms with E-state index in [2.05, 4.69) is 22.2 Å². The van der Waals surface area contributed by atoms with Crippen LogP contribution >= 0.6 is 0 Å². The van der Waals surface area contributed by atoms with Crippen molar-refractivity contribution >= 4 is 22.5 Å². The largest absolute Gasteiger partial charge is 0.355 e. The van der Waals surface area contributed by atoms with Gasteiger partial charge in [0.15, 0.2) is 0 Å². The molecule has 0 saturated carbocycles. The second-order valence-electron chi connectivity index (χ2n) is 7.95. The summed E-state index contributed by atoms with van der Waals surface area (Å²) in [6.45, 7) is 6.03. The van der Waals surface area contributed by atoms with Crippen molar-refractivity contribution in [2.24, 2.45) is 0 Å². The van der Waals surface area contributed by atoms with E-state index in [1.807, 2.05) is 0 Å². The summed E-state index contributed by atoms with van der Waals surface area (Å²) < 4.78 is 17.2. The second kappa shape index (κ2) is 8.97. The number of benzene rings is 1. The van der Waals surface area contributed by atoms with Crippen LogP contribution in [0.3, 0.4) is 0 Å². The van der Waals surface area contributed by atoms with E-state index in [1.165, 1.54) is 12.1 Å². The van der Waals surface area contributed by atoms with Crippen LogP contribution in [0.2, 0.25) is 0 Å². The highest BCUT2D eigenvalue weighted by atomic mass is 19.1. The Labute approximate surface area is 174 Å². The molecule has 1 fully saturated rings. The fourth-order valence-corrected chi connectivity index (χ4v) is 4.06. The molecule has 3 heterocycles. The van der Waals surface area contributed by atoms with Crippen molar-refractivity contribution in [1.29, 1.82) is 0 Å². The number of hydrogen-bond acceptors (Lipinski definition) is 4. The first-order valence-electron chi connectivity index (χ1n) is 10.5. The van der Waals surface area contributed by atoms with E-state index in [0.29, 0.717) is 37.0 Å². The second-order valence-corrected chi connectivity index (χ2v) is 7.95. The minimum absolute atomic E-state index is 0.0172. The number of fused-ring (bicyclic) bond motifs is 3. The predicted molar refractivity (Wildman–Crippen MR) is 115 cm³/mol. The van der Waals surface area contributed by atoms with E-state index < -0.39 is 0 Å². The van der Waals surface area contributed by atoms with Gasteiger partial charge in [-0.1, -0.05) is 0 Å². The van der Waals surface area contributed by atoms with E-state index in [9.17, 15) is 14.0 Å². The van der Waals surface area contributed by atoms with Crippen LogP contribution in [0.15, 0.2) is 41.3 Å². The lowest BCUT2D eigenvalue weighted by Crippen LogP contribution is -2.46. The minimum Gasteiger partial charge on any atom is -0.355 e. The molecule has 0 unspecified atom stereocenters. The minimum atomic E-state index is -0.385. The lowest BCUT2D eigenvalue weighted by atomic mass is 10.2. The zero-order valence-electron chi connectivity index (χ0n) is 17.3. The van der Waals surface area contributed by atoms with Gasteiger partial charge in [0.25, 0.3) is 5.56 Å². The van der Waals surface area contributed by atoms with Crippen molar-refractivity contribution in [3.05, 3.63) is 52.7 Å². The highest BCUT2D eigenvalue weighted by molar-refractivity contribution is 5.79. The summed E-state index contributed by atoms with van der Waals surface area (Å²) in [6.07, 6.45) is 2.65. The van der Waals surface area contributed by atoms with Gasteiger partial charge in [-0.15, -0.1) is 0 Å². The van der Waals surface area contributed by atoms with Crippen LogP contribution in [-0.2, 0) is 11.3 Å². The van der Waals surface area contributed by atoms with Gasteiger partial charge in [0.2, 0.25) is 5.91 Å². The van der Waals surface area contributed by atoms with E-state index in [4.69, 9.17) is 0 Å². The summed E-state index contributed by atoms with van der Waals surface area (Å²) in [5.41, 5.74) is 1.69. The molecule has 0 spiro atoms. The molecule has 0 aliphatic carbocycles. The molecule has 160 valence electrons. The molecule has 3 aromatic rings. The van der Waals surface area contributed by atoms with Gasteiger partial charge < -0.3 is 19.2 Å². The van der Waals surface area contributed by atoms with Crippen LogP contribution in [0.5, 0.6) is 0 Å². The topological polar surface area (TPSA) is 62.0 Å². The van der Waals surface area contributed by atoms with E-state index in [1.54, 1.807) is 33.4 Å². The number of likely N-dealkylation sites (N-methyl/N-ethyl adjacent to an activating group) is 1. The zero-order valence-corrected chi connectivity index (χ0v) is 17.3.